The topological polar surface area (TPSA) is 62.3 Å². The predicted octanol–water partition coefficient (Wildman–Crippen LogP) is 9.88. The molecule has 7 heteroatoms. The number of hydrazine groups is 1. The summed E-state index contributed by atoms with van der Waals surface area (Å²) in [6.07, 6.45) is 7.47. The van der Waals surface area contributed by atoms with Crippen molar-refractivity contribution in [3.05, 3.63) is 187 Å². The number of allylic oxidation sites excluding steroid dienone is 6. The largest absolute Gasteiger partial charge is 0.463 e. The number of hydrogen-bond acceptors (Lipinski definition) is 5. The molecule has 7 nitrogen and oxygen atoms in total. The molecule has 5 aromatic carbocycles. The van der Waals surface area contributed by atoms with Crippen molar-refractivity contribution in [1.29, 1.82) is 0 Å². The maximum Gasteiger partial charge on any atom is 0.259 e. The van der Waals surface area contributed by atoms with E-state index in [4.69, 9.17) is 9.47 Å². The van der Waals surface area contributed by atoms with Crippen molar-refractivity contribution in [2.45, 2.75) is 13.8 Å². The van der Waals surface area contributed by atoms with Crippen LogP contribution in [0.2, 0.25) is 0 Å². The first-order valence-corrected chi connectivity index (χ1v) is 16.9. The average molecular weight is 670 g/mol. The first-order chi connectivity index (χ1) is 24.9. The van der Waals surface area contributed by atoms with Crippen molar-refractivity contribution in [2.75, 3.05) is 14.9 Å². The lowest BCUT2D eigenvalue weighted by molar-refractivity contribution is -0.127. The Labute approximate surface area is 297 Å². The van der Waals surface area contributed by atoms with Crippen LogP contribution >= 0.6 is 0 Å². The zero-order valence-electron chi connectivity index (χ0n) is 28.2. The molecule has 0 radical (unpaired) electrons. The van der Waals surface area contributed by atoms with E-state index in [9.17, 15) is 9.59 Å². The van der Waals surface area contributed by atoms with Gasteiger partial charge in [0.2, 0.25) is 0 Å². The van der Waals surface area contributed by atoms with E-state index in [2.05, 4.69) is 54.3 Å². The van der Waals surface area contributed by atoms with Crippen molar-refractivity contribution in [3.8, 4) is 5.75 Å². The summed E-state index contributed by atoms with van der Waals surface area (Å²) < 4.78 is 12.7. The summed E-state index contributed by atoms with van der Waals surface area (Å²) in [5, 5.41) is 2.96. The number of carbonyl (C=O) groups is 2. The molecule has 0 bridgehead atoms. The fourth-order valence-electron chi connectivity index (χ4n) is 6.87. The van der Waals surface area contributed by atoms with Crippen LogP contribution in [0.1, 0.15) is 19.4 Å². The Kier molecular flexibility index (Phi) is 8.30. The minimum atomic E-state index is -0.979. The maximum atomic E-state index is 14.2. The molecule has 3 aliphatic rings. The van der Waals surface area contributed by atoms with Crippen LogP contribution in [0.15, 0.2) is 181 Å². The summed E-state index contributed by atoms with van der Waals surface area (Å²) >= 11 is 0. The Bertz CT molecular complexity index is 2130. The van der Waals surface area contributed by atoms with Crippen molar-refractivity contribution in [1.82, 2.24) is 0 Å². The molecule has 1 unspecified atom stereocenters. The van der Waals surface area contributed by atoms with Crippen LogP contribution in [0.25, 0.3) is 5.57 Å². The number of hydrogen-bond donors (Lipinski definition) is 0. The Balaban J connectivity index is 1.12. The van der Waals surface area contributed by atoms with Gasteiger partial charge in [0.05, 0.1) is 17.1 Å². The van der Waals surface area contributed by atoms with Crippen LogP contribution in [0.5, 0.6) is 5.75 Å². The molecule has 0 aromatic heterocycles. The third-order valence-corrected chi connectivity index (χ3v) is 9.15. The summed E-state index contributed by atoms with van der Waals surface area (Å²) in [5.74, 6) is 0.274. The summed E-state index contributed by atoms with van der Waals surface area (Å²) in [7, 11) is 0. The van der Waals surface area contributed by atoms with Crippen LogP contribution < -0.4 is 19.7 Å². The van der Waals surface area contributed by atoms with Gasteiger partial charge in [0, 0.05) is 40.7 Å². The van der Waals surface area contributed by atoms with Crippen LogP contribution in [0, 0.1) is 11.8 Å². The van der Waals surface area contributed by atoms with Gasteiger partial charge in [-0.05, 0) is 98.3 Å². The molecule has 0 saturated carbocycles. The molecule has 2 amide bonds. The number of anilines is 5. The molecule has 0 spiro atoms. The quantitative estimate of drug-likeness (QED) is 0.162. The molecule has 3 heterocycles. The Morgan fingerprint density at radius 2 is 1.14 bits per heavy atom. The van der Waals surface area contributed by atoms with Gasteiger partial charge in [-0.25, -0.2) is 10.0 Å². The van der Waals surface area contributed by atoms with E-state index < -0.39 is 11.8 Å². The third kappa shape index (κ3) is 6.10. The van der Waals surface area contributed by atoms with E-state index in [-0.39, 0.29) is 11.8 Å². The lowest BCUT2D eigenvalue weighted by Gasteiger charge is -2.27. The highest BCUT2D eigenvalue weighted by molar-refractivity contribution is 6.23. The van der Waals surface area contributed by atoms with Crippen LogP contribution in [-0.4, -0.2) is 11.8 Å². The minimum absolute atomic E-state index is 0.304. The minimum Gasteiger partial charge on any atom is -0.463 e. The molecule has 0 N–H and O–H groups in total. The fourth-order valence-corrected chi connectivity index (χ4v) is 6.87. The van der Waals surface area contributed by atoms with E-state index in [0.29, 0.717) is 34.4 Å². The summed E-state index contributed by atoms with van der Waals surface area (Å²) in [6, 6.07) is 45.2. The van der Waals surface area contributed by atoms with Gasteiger partial charge in [-0.1, -0.05) is 72.8 Å². The normalized spacial score (nSPS) is 18.0. The van der Waals surface area contributed by atoms with E-state index in [1.165, 1.54) is 10.0 Å². The van der Waals surface area contributed by atoms with E-state index in [1.54, 1.807) is 0 Å². The molecule has 250 valence electrons. The van der Waals surface area contributed by atoms with E-state index in [0.717, 1.165) is 28.2 Å². The Morgan fingerprint density at radius 3 is 1.69 bits per heavy atom. The monoisotopic (exact) mass is 669 g/mol. The van der Waals surface area contributed by atoms with Crippen molar-refractivity contribution < 1.29 is 19.1 Å². The van der Waals surface area contributed by atoms with E-state index >= 15 is 0 Å². The maximum absolute atomic E-state index is 14.2. The van der Waals surface area contributed by atoms with Crippen LogP contribution in [0.3, 0.4) is 0 Å². The highest BCUT2D eigenvalue weighted by Crippen LogP contribution is 2.42. The number of rotatable bonds is 7. The fraction of sp³-hybridized carbons (Fsp3) is 0.0909. The number of amides is 2. The Hall–Kier alpha value is -6.60. The number of fused-ring (bicyclic) bond motifs is 1. The lowest BCUT2D eigenvalue weighted by Crippen LogP contribution is -2.41. The molecule has 1 saturated heterocycles. The zero-order chi connectivity index (χ0) is 34.9. The number of ether oxygens (including phenoxy) is 2. The van der Waals surface area contributed by atoms with Crippen LogP contribution in [-0.2, 0) is 14.3 Å². The van der Waals surface area contributed by atoms with Crippen molar-refractivity contribution in [2.24, 2.45) is 11.8 Å². The molecular weight excluding hydrogens is 635 g/mol. The molecule has 8 rings (SSSR count). The standard InChI is InChI=1S/C44H35N3O4/c1-30-25-38(51-41-28-37(23-24-40(30)41)45(33-15-7-3-8-16-33)34-17-9-4-10-18-34)29-39-27-32(26-31(2)50-39)42-43(48)46(35-19-11-5-12-20-35)47(44(42)49)36-21-13-6-14-22-36/h3-29,32,42H,1-2H3. The predicted molar refractivity (Wildman–Crippen MR) is 201 cm³/mol. The van der Waals surface area contributed by atoms with Crippen LogP contribution in [0.4, 0.5) is 28.4 Å². The van der Waals surface area contributed by atoms with Gasteiger partial charge in [-0.2, -0.15) is 0 Å². The smallest absolute Gasteiger partial charge is 0.259 e. The molecule has 1 atom stereocenters. The van der Waals surface area contributed by atoms with Gasteiger partial charge in [-0.15, -0.1) is 0 Å². The molecular formula is C44H35N3O4. The van der Waals surface area contributed by atoms with Gasteiger partial charge in [0.1, 0.15) is 23.2 Å². The second-order valence-electron chi connectivity index (χ2n) is 12.6. The average Bonchev–Trinajstić information content (AvgIpc) is 3.42. The summed E-state index contributed by atoms with van der Waals surface area (Å²) in [5.41, 5.74) is 6.29. The molecule has 51 heavy (non-hydrogen) atoms. The van der Waals surface area contributed by atoms with Gasteiger partial charge >= 0.3 is 0 Å². The number of benzene rings is 5. The highest BCUT2D eigenvalue weighted by atomic mass is 16.5. The molecule has 0 aliphatic carbocycles. The first-order valence-electron chi connectivity index (χ1n) is 16.9. The summed E-state index contributed by atoms with van der Waals surface area (Å²) in [6.45, 7) is 3.88. The number of carbonyl (C=O) groups excluding carboxylic acids is 2. The molecule has 3 aliphatic heterocycles. The van der Waals surface area contributed by atoms with Gasteiger partial charge in [0.15, 0.2) is 0 Å². The molecule has 5 aromatic rings. The summed E-state index contributed by atoms with van der Waals surface area (Å²) in [4.78, 5) is 30.6. The van der Waals surface area contributed by atoms with E-state index in [1.807, 2.05) is 128 Å². The first kappa shape index (κ1) is 31.7. The van der Waals surface area contributed by atoms with Gasteiger partial charge in [-0.3, -0.25) is 9.59 Å². The highest BCUT2D eigenvalue weighted by Gasteiger charge is 2.50. The SMILES string of the molecule is CC1=CC(C2C(=O)N(c3ccccc3)N(c3ccccc3)C2=O)C=C(C=C2C=C(C)c3ccc(N(c4ccccc4)c4ccccc4)cc3O2)O1. The second-order valence-corrected chi connectivity index (χ2v) is 12.6. The lowest BCUT2D eigenvalue weighted by atomic mass is 9.88. The van der Waals surface area contributed by atoms with Gasteiger partial charge in [0.25, 0.3) is 11.8 Å². The van der Waals surface area contributed by atoms with Gasteiger partial charge < -0.3 is 14.4 Å². The van der Waals surface area contributed by atoms with Crippen molar-refractivity contribution in [3.63, 3.8) is 0 Å². The molecule has 1 fully saturated rings. The number of para-hydroxylation sites is 4. The van der Waals surface area contributed by atoms with Crippen molar-refractivity contribution >= 4 is 45.8 Å². The number of nitrogens with zero attached hydrogens (tertiary/aromatic N) is 3. The zero-order valence-corrected chi connectivity index (χ0v) is 28.2. The second kappa shape index (κ2) is 13.4. The third-order valence-electron chi connectivity index (χ3n) is 9.15. The Morgan fingerprint density at radius 1 is 0.608 bits per heavy atom.